The maximum atomic E-state index is 4.38. The zero-order valence-corrected chi connectivity index (χ0v) is 16.4. The fourth-order valence-corrected chi connectivity index (χ4v) is 4.50. The molecule has 0 amide bonds. The highest BCUT2D eigenvalue weighted by atomic mass is 32.1. The van der Waals surface area contributed by atoms with Crippen molar-refractivity contribution in [2.45, 2.75) is 53.6 Å². The largest absolute Gasteiger partial charge is 0.303 e. The lowest BCUT2D eigenvalue weighted by Crippen LogP contribution is -2.18. The predicted octanol–water partition coefficient (Wildman–Crippen LogP) is 4.73. The molecule has 1 aliphatic rings. The van der Waals surface area contributed by atoms with Crippen molar-refractivity contribution in [3.05, 3.63) is 63.5 Å². The van der Waals surface area contributed by atoms with E-state index in [-0.39, 0.29) is 6.04 Å². The smallest absolute Gasteiger partial charge is 0.155 e. The van der Waals surface area contributed by atoms with Crippen LogP contribution < -0.4 is 5.32 Å². The van der Waals surface area contributed by atoms with E-state index < -0.39 is 0 Å². The second kappa shape index (κ2) is 7.50. The normalized spacial score (nSPS) is 15.6. The Morgan fingerprint density at radius 1 is 1.16 bits per heavy atom. The first-order valence-corrected chi connectivity index (χ1v) is 9.77. The van der Waals surface area contributed by atoms with E-state index in [9.17, 15) is 0 Å². The van der Waals surface area contributed by atoms with Crippen LogP contribution in [0.3, 0.4) is 0 Å². The minimum Gasteiger partial charge on any atom is -0.303 e. The van der Waals surface area contributed by atoms with Crippen LogP contribution in [0, 0.1) is 13.8 Å². The lowest BCUT2D eigenvalue weighted by Gasteiger charge is -2.09. The van der Waals surface area contributed by atoms with E-state index in [1.807, 2.05) is 32.1 Å². The molecule has 4 nitrogen and oxygen atoms in total. The average molecular weight is 355 g/mol. The molecule has 0 radical (unpaired) electrons. The van der Waals surface area contributed by atoms with Crippen LogP contribution in [0.4, 0.5) is 0 Å². The van der Waals surface area contributed by atoms with Gasteiger partial charge in [0.15, 0.2) is 5.82 Å². The van der Waals surface area contributed by atoms with Gasteiger partial charge in [-0.3, -0.25) is 4.57 Å². The minimum atomic E-state index is 0.209. The molecular weight excluding hydrogens is 328 g/mol. The SMILES string of the molecule is CC.Cc1sc2c(c1Cc1ccccc1)CN[C@@H](C)c1nnc(C)n1-2. The standard InChI is InChI=1S/C18H20N4S.C2H6/c1-11-17-21-20-13(3)22(17)18-16(10-19-11)15(12(2)23-18)9-14-7-5-4-6-8-14;1-2/h4-8,11,19H,9-10H2,1-3H3;1-2H3/t11-;/m0./s1. The zero-order chi connectivity index (χ0) is 18.0. The van der Waals surface area contributed by atoms with Crippen LogP contribution >= 0.6 is 11.3 Å². The molecule has 0 unspecified atom stereocenters. The number of aryl methyl sites for hydroxylation is 2. The van der Waals surface area contributed by atoms with Gasteiger partial charge in [-0.2, -0.15) is 0 Å². The molecule has 1 aromatic carbocycles. The molecule has 1 aliphatic heterocycles. The molecule has 0 aliphatic carbocycles. The quantitative estimate of drug-likeness (QED) is 0.723. The summed E-state index contributed by atoms with van der Waals surface area (Å²) in [4.78, 5) is 1.38. The van der Waals surface area contributed by atoms with Gasteiger partial charge >= 0.3 is 0 Å². The number of nitrogens with one attached hydrogen (secondary N) is 1. The Hall–Kier alpha value is -1.98. The Balaban J connectivity index is 0.000000880. The minimum absolute atomic E-state index is 0.209. The van der Waals surface area contributed by atoms with Crippen molar-refractivity contribution in [1.82, 2.24) is 20.1 Å². The van der Waals surface area contributed by atoms with Gasteiger partial charge in [0.2, 0.25) is 0 Å². The van der Waals surface area contributed by atoms with Gasteiger partial charge in [0, 0.05) is 17.0 Å². The lowest BCUT2D eigenvalue weighted by molar-refractivity contribution is 0.551. The molecule has 3 aromatic rings. The summed E-state index contributed by atoms with van der Waals surface area (Å²) in [6.07, 6.45) is 0.977. The van der Waals surface area contributed by atoms with E-state index in [1.165, 1.54) is 26.6 Å². The van der Waals surface area contributed by atoms with Crippen molar-refractivity contribution in [3.8, 4) is 5.00 Å². The van der Waals surface area contributed by atoms with Gasteiger partial charge in [0.1, 0.15) is 10.8 Å². The molecule has 0 saturated heterocycles. The molecule has 25 heavy (non-hydrogen) atoms. The molecule has 3 heterocycles. The highest BCUT2D eigenvalue weighted by molar-refractivity contribution is 7.14. The van der Waals surface area contributed by atoms with Crippen molar-refractivity contribution < 1.29 is 0 Å². The van der Waals surface area contributed by atoms with Crippen molar-refractivity contribution in [1.29, 1.82) is 0 Å². The molecule has 1 atom stereocenters. The monoisotopic (exact) mass is 354 g/mol. The van der Waals surface area contributed by atoms with Crippen LogP contribution in [-0.2, 0) is 13.0 Å². The molecule has 5 heteroatoms. The molecule has 4 rings (SSSR count). The Kier molecular flexibility index (Phi) is 5.35. The third-order valence-corrected chi connectivity index (χ3v) is 5.72. The van der Waals surface area contributed by atoms with E-state index in [1.54, 1.807) is 0 Å². The Morgan fingerprint density at radius 3 is 2.60 bits per heavy atom. The first kappa shape index (κ1) is 17.8. The third-order valence-electron chi connectivity index (χ3n) is 4.55. The topological polar surface area (TPSA) is 42.7 Å². The third kappa shape index (κ3) is 3.26. The van der Waals surface area contributed by atoms with Crippen molar-refractivity contribution in [3.63, 3.8) is 0 Å². The molecule has 2 aromatic heterocycles. The summed E-state index contributed by atoms with van der Waals surface area (Å²) in [5.41, 5.74) is 4.19. The van der Waals surface area contributed by atoms with Crippen LogP contribution in [0.2, 0.25) is 0 Å². The Bertz CT molecular complexity index is 848. The molecule has 132 valence electrons. The van der Waals surface area contributed by atoms with Crippen LogP contribution in [0.15, 0.2) is 30.3 Å². The first-order chi connectivity index (χ1) is 12.1. The van der Waals surface area contributed by atoms with Crippen LogP contribution in [0.1, 0.15) is 60.0 Å². The molecule has 0 saturated carbocycles. The highest BCUT2D eigenvalue weighted by Gasteiger charge is 2.27. The first-order valence-electron chi connectivity index (χ1n) is 8.96. The average Bonchev–Trinajstić information content (AvgIpc) is 3.12. The van der Waals surface area contributed by atoms with Crippen LogP contribution in [0.25, 0.3) is 5.00 Å². The second-order valence-electron chi connectivity index (χ2n) is 6.13. The number of hydrogen-bond acceptors (Lipinski definition) is 4. The predicted molar refractivity (Wildman–Crippen MR) is 105 cm³/mol. The molecule has 1 N–H and O–H groups in total. The van der Waals surface area contributed by atoms with E-state index in [0.717, 1.165) is 24.6 Å². The maximum Gasteiger partial charge on any atom is 0.155 e. The van der Waals surface area contributed by atoms with Gasteiger partial charge in [-0.15, -0.1) is 21.5 Å². The second-order valence-corrected chi connectivity index (χ2v) is 7.33. The Labute approximate surface area is 153 Å². The maximum absolute atomic E-state index is 4.38. The number of fused-ring (bicyclic) bond motifs is 3. The van der Waals surface area contributed by atoms with Crippen molar-refractivity contribution in [2.75, 3.05) is 0 Å². The van der Waals surface area contributed by atoms with E-state index >= 15 is 0 Å². The van der Waals surface area contributed by atoms with Gasteiger partial charge in [-0.1, -0.05) is 44.2 Å². The van der Waals surface area contributed by atoms with Gasteiger partial charge in [0.05, 0.1) is 6.04 Å². The molecule has 0 spiro atoms. The number of thiophene rings is 1. The van der Waals surface area contributed by atoms with Gasteiger partial charge in [-0.05, 0) is 38.3 Å². The molecule has 0 fully saturated rings. The molecular formula is C20H26N4S. The summed E-state index contributed by atoms with van der Waals surface area (Å²) in [5.74, 6) is 1.97. The zero-order valence-electron chi connectivity index (χ0n) is 15.6. The number of aromatic nitrogens is 3. The summed E-state index contributed by atoms with van der Waals surface area (Å²) < 4.78 is 2.23. The molecule has 0 bridgehead atoms. The summed E-state index contributed by atoms with van der Waals surface area (Å²) in [7, 11) is 0. The number of rotatable bonds is 2. The highest BCUT2D eigenvalue weighted by Crippen LogP contribution is 2.37. The van der Waals surface area contributed by atoms with Crippen LogP contribution in [0.5, 0.6) is 0 Å². The van der Waals surface area contributed by atoms with Gasteiger partial charge < -0.3 is 5.32 Å². The fraction of sp³-hybridized carbons (Fsp3) is 0.400. The number of benzene rings is 1. The Morgan fingerprint density at radius 2 is 1.88 bits per heavy atom. The number of hydrogen-bond donors (Lipinski definition) is 1. The van der Waals surface area contributed by atoms with Gasteiger partial charge in [0.25, 0.3) is 0 Å². The fourth-order valence-electron chi connectivity index (χ4n) is 3.26. The summed E-state index contributed by atoms with van der Waals surface area (Å²) in [6.45, 7) is 11.3. The van der Waals surface area contributed by atoms with E-state index in [2.05, 4.69) is 64.3 Å². The summed E-state index contributed by atoms with van der Waals surface area (Å²) >= 11 is 1.86. The van der Waals surface area contributed by atoms with Crippen molar-refractivity contribution in [2.24, 2.45) is 0 Å². The summed E-state index contributed by atoms with van der Waals surface area (Å²) in [6, 6.07) is 10.9. The summed E-state index contributed by atoms with van der Waals surface area (Å²) in [5, 5.41) is 13.5. The number of nitrogens with zero attached hydrogens (tertiary/aromatic N) is 3. The van der Waals surface area contributed by atoms with Gasteiger partial charge in [-0.25, -0.2) is 0 Å². The van der Waals surface area contributed by atoms with E-state index in [4.69, 9.17) is 0 Å². The van der Waals surface area contributed by atoms with E-state index in [0.29, 0.717) is 0 Å². The lowest BCUT2D eigenvalue weighted by atomic mass is 10.0. The van der Waals surface area contributed by atoms with Crippen molar-refractivity contribution >= 4 is 11.3 Å². The van der Waals surface area contributed by atoms with Crippen LogP contribution in [-0.4, -0.2) is 14.8 Å².